The fourth-order valence-electron chi connectivity index (χ4n) is 7.77. The minimum Gasteiger partial charge on any atom is -0.449 e. The lowest BCUT2D eigenvalue weighted by molar-refractivity contribution is -0.228. The van der Waals surface area contributed by atoms with Gasteiger partial charge in [0.2, 0.25) is 5.12 Å². The zero-order valence-corrected chi connectivity index (χ0v) is 20.4. The van der Waals surface area contributed by atoms with Crippen LogP contribution in [-0.2, 0) is 14.3 Å². The molecule has 0 aromatic rings. The van der Waals surface area contributed by atoms with Gasteiger partial charge < -0.3 is 9.84 Å². The third-order valence-corrected chi connectivity index (χ3v) is 9.94. The molecule has 0 aromatic heterocycles. The molecule has 9 atom stereocenters. The summed E-state index contributed by atoms with van der Waals surface area (Å²) in [5.41, 5.74) is -5.95. The third kappa shape index (κ3) is 3.01. The lowest BCUT2D eigenvalue weighted by Gasteiger charge is -2.63. The van der Waals surface area contributed by atoms with Crippen LogP contribution >= 0.6 is 11.8 Å². The lowest BCUT2D eigenvalue weighted by atomic mass is 9.44. The largest absolute Gasteiger partial charge is 0.449 e. The molecule has 3 fully saturated rings. The van der Waals surface area contributed by atoms with E-state index in [1.807, 2.05) is 0 Å². The number of fused-ring (bicyclic) bond motifs is 5. The number of ether oxygens (including phenoxy) is 1. The number of aliphatic hydroxyl groups excluding tert-OH is 1. The van der Waals surface area contributed by atoms with Crippen molar-refractivity contribution in [2.24, 2.45) is 28.6 Å². The molecule has 0 saturated heterocycles. The molecule has 0 amide bonds. The van der Waals surface area contributed by atoms with Crippen molar-refractivity contribution in [1.82, 2.24) is 0 Å². The molecule has 0 heterocycles. The molecule has 9 unspecified atom stereocenters. The highest BCUT2D eigenvalue weighted by molar-refractivity contribution is 8.13. The number of alkyl halides is 3. The topological polar surface area (TPSA) is 63.6 Å². The second-order valence-electron chi connectivity index (χ2n) is 10.6. The van der Waals surface area contributed by atoms with Gasteiger partial charge in [-0.1, -0.05) is 39.0 Å². The number of hydrogen-bond donors (Lipinski definition) is 1. The predicted octanol–water partition coefficient (Wildman–Crippen LogP) is 5.25. The van der Waals surface area contributed by atoms with Crippen LogP contribution in [-0.4, -0.2) is 45.7 Å². The van der Waals surface area contributed by atoms with Gasteiger partial charge in [-0.25, -0.2) is 13.2 Å². The van der Waals surface area contributed by atoms with Crippen LogP contribution in [0, 0.1) is 28.6 Å². The van der Waals surface area contributed by atoms with E-state index >= 15 is 8.78 Å². The Labute approximate surface area is 197 Å². The third-order valence-electron chi connectivity index (χ3n) is 9.27. The van der Waals surface area contributed by atoms with E-state index in [0.29, 0.717) is 30.2 Å². The van der Waals surface area contributed by atoms with Gasteiger partial charge in [0.1, 0.15) is 12.2 Å². The Morgan fingerprint density at radius 1 is 1.27 bits per heavy atom. The normalized spacial score (nSPS) is 48.4. The standard InChI is InChI=1S/C25H33F3O4S/c1-5-20(30)32-25(21(31)33-13-26)14(2)10-16-17-11-18(27)15-8-6-7-9-22(15,3)24(17,28)19(29)12-23(16,25)4/h7-9,14,16-19,29H,5-6,10-13H2,1-4H3. The monoisotopic (exact) mass is 486 g/mol. The Bertz CT molecular complexity index is 908. The van der Waals surface area contributed by atoms with Gasteiger partial charge in [-0.3, -0.25) is 9.59 Å². The molecule has 4 nitrogen and oxygen atoms in total. The smallest absolute Gasteiger partial charge is 0.306 e. The first-order valence-corrected chi connectivity index (χ1v) is 12.8. The molecule has 0 bridgehead atoms. The summed E-state index contributed by atoms with van der Waals surface area (Å²) in [5, 5.41) is 10.8. The van der Waals surface area contributed by atoms with Gasteiger partial charge in [-0.05, 0) is 55.9 Å². The molecule has 4 aliphatic rings. The number of carbonyl (C=O) groups is 2. The van der Waals surface area contributed by atoms with Crippen LogP contribution in [0.15, 0.2) is 23.8 Å². The summed E-state index contributed by atoms with van der Waals surface area (Å²) in [6.07, 6.45) is 2.91. The molecule has 33 heavy (non-hydrogen) atoms. The van der Waals surface area contributed by atoms with E-state index in [4.69, 9.17) is 4.74 Å². The van der Waals surface area contributed by atoms with Crippen molar-refractivity contribution in [3.63, 3.8) is 0 Å². The zero-order chi connectivity index (χ0) is 24.4. The van der Waals surface area contributed by atoms with Crippen molar-refractivity contribution in [2.45, 2.75) is 83.3 Å². The number of esters is 1. The number of carbonyl (C=O) groups excluding carboxylic acids is 2. The van der Waals surface area contributed by atoms with E-state index in [1.54, 1.807) is 45.9 Å². The molecule has 8 heteroatoms. The minimum atomic E-state index is -2.14. The summed E-state index contributed by atoms with van der Waals surface area (Å²) in [7, 11) is 0. The Kier molecular flexibility index (Phi) is 6.13. The molecule has 184 valence electrons. The first-order valence-electron chi connectivity index (χ1n) is 11.8. The zero-order valence-electron chi connectivity index (χ0n) is 19.6. The van der Waals surface area contributed by atoms with Crippen LogP contribution in [0.25, 0.3) is 0 Å². The van der Waals surface area contributed by atoms with Crippen molar-refractivity contribution in [3.8, 4) is 0 Å². The van der Waals surface area contributed by atoms with Gasteiger partial charge in [-0.15, -0.1) is 0 Å². The van der Waals surface area contributed by atoms with Gasteiger partial charge in [0.05, 0.1) is 6.10 Å². The van der Waals surface area contributed by atoms with Gasteiger partial charge in [-0.2, -0.15) is 0 Å². The molecular formula is C25H33F3O4S. The van der Waals surface area contributed by atoms with E-state index in [9.17, 15) is 19.1 Å². The highest BCUT2D eigenvalue weighted by atomic mass is 32.2. The molecule has 4 aliphatic carbocycles. The maximum atomic E-state index is 17.2. The van der Waals surface area contributed by atoms with Crippen LogP contribution in [0.1, 0.15) is 59.8 Å². The van der Waals surface area contributed by atoms with Gasteiger partial charge in [0.25, 0.3) is 0 Å². The summed E-state index contributed by atoms with van der Waals surface area (Å²) >= 11 is 0.433. The fraction of sp³-hybridized carbons (Fsp3) is 0.760. The first kappa shape index (κ1) is 24.8. The Morgan fingerprint density at radius 2 is 1.97 bits per heavy atom. The van der Waals surface area contributed by atoms with Crippen LogP contribution < -0.4 is 0 Å². The molecule has 0 aromatic carbocycles. The molecule has 0 aliphatic heterocycles. The van der Waals surface area contributed by atoms with E-state index < -0.39 is 69.2 Å². The highest BCUT2D eigenvalue weighted by Gasteiger charge is 2.78. The summed E-state index contributed by atoms with van der Waals surface area (Å²) in [5.74, 6) is -2.56. The number of aliphatic hydroxyl groups is 1. The Balaban J connectivity index is 1.87. The van der Waals surface area contributed by atoms with Gasteiger partial charge >= 0.3 is 5.97 Å². The van der Waals surface area contributed by atoms with Crippen molar-refractivity contribution >= 4 is 22.8 Å². The molecule has 3 saturated carbocycles. The number of halogens is 3. The molecular weight excluding hydrogens is 453 g/mol. The Morgan fingerprint density at radius 3 is 2.61 bits per heavy atom. The Hall–Kier alpha value is -1.28. The average Bonchev–Trinajstić information content (AvgIpc) is 2.98. The molecule has 4 rings (SSSR count). The van der Waals surface area contributed by atoms with Crippen LogP contribution in [0.3, 0.4) is 0 Å². The van der Waals surface area contributed by atoms with Crippen molar-refractivity contribution < 1.29 is 32.6 Å². The van der Waals surface area contributed by atoms with Crippen LogP contribution in [0.5, 0.6) is 0 Å². The van der Waals surface area contributed by atoms with E-state index in [0.717, 1.165) is 0 Å². The van der Waals surface area contributed by atoms with Crippen molar-refractivity contribution in [2.75, 3.05) is 6.01 Å². The number of thioether (sulfide) groups is 1. The maximum absolute atomic E-state index is 17.2. The molecule has 0 spiro atoms. The van der Waals surface area contributed by atoms with Crippen molar-refractivity contribution in [1.29, 1.82) is 0 Å². The summed E-state index contributed by atoms with van der Waals surface area (Å²) in [6.45, 7) is 6.72. The van der Waals surface area contributed by atoms with E-state index in [-0.39, 0.29) is 19.3 Å². The maximum Gasteiger partial charge on any atom is 0.306 e. The quantitative estimate of drug-likeness (QED) is 0.434. The second-order valence-corrected chi connectivity index (χ2v) is 11.4. The van der Waals surface area contributed by atoms with Crippen LogP contribution in [0.2, 0.25) is 0 Å². The average molecular weight is 487 g/mol. The van der Waals surface area contributed by atoms with Crippen molar-refractivity contribution in [3.05, 3.63) is 23.8 Å². The van der Waals surface area contributed by atoms with E-state index in [2.05, 4.69) is 0 Å². The summed E-state index contributed by atoms with van der Waals surface area (Å²) < 4.78 is 51.8. The molecule has 0 radical (unpaired) electrons. The minimum absolute atomic E-state index is 0.0192. The van der Waals surface area contributed by atoms with Gasteiger partial charge in [0.15, 0.2) is 11.3 Å². The SMILES string of the molecule is CCC(=O)OC1(C(=O)SCF)C(C)CC2C3CC(F)C4=CCC=CC4(C)C3(F)C(O)CC21C. The number of hydrogen-bond acceptors (Lipinski definition) is 5. The molecule has 1 N–H and O–H groups in total. The second kappa shape index (κ2) is 8.14. The highest BCUT2D eigenvalue weighted by Crippen LogP contribution is 2.72. The predicted molar refractivity (Wildman–Crippen MR) is 120 cm³/mol. The van der Waals surface area contributed by atoms with E-state index in [1.165, 1.54) is 0 Å². The van der Waals surface area contributed by atoms with Gasteiger partial charge in [0, 0.05) is 29.1 Å². The summed E-state index contributed by atoms with van der Waals surface area (Å²) in [6, 6.07) is -0.986. The van der Waals surface area contributed by atoms with Crippen LogP contribution in [0.4, 0.5) is 13.2 Å². The first-order chi connectivity index (χ1) is 15.4. The summed E-state index contributed by atoms with van der Waals surface area (Å²) in [4.78, 5) is 25.8. The lowest BCUT2D eigenvalue weighted by Crippen LogP contribution is -2.70. The fourth-order valence-corrected chi connectivity index (χ4v) is 8.56. The number of rotatable bonds is 4. The number of allylic oxidation sites excluding steroid dienone is 4.